The second kappa shape index (κ2) is 5.66. The number of hydrogen-bond acceptors (Lipinski definition) is 6. The molecule has 3 heterocycles. The number of amidine groups is 1. The molecule has 4 rings (SSSR count). The molecule has 0 radical (unpaired) electrons. The number of rotatable bonds is 2. The van der Waals surface area contributed by atoms with Gasteiger partial charge in [-0.2, -0.15) is 4.99 Å². The van der Waals surface area contributed by atoms with Crippen LogP contribution in [0.1, 0.15) is 13.3 Å². The number of aliphatic imine (C=N–C) groups is 1. The van der Waals surface area contributed by atoms with Crippen LogP contribution in [0.2, 0.25) is 0 Å². The SMILES string of the molecule is CCC(=O)N=C1SC2CS(=O)(=O)CC2N1c1ccc2c(c1)OCO2. The van der Waals surface area contributed by atoms with Gasteiger partial charge in [0.2, 0.25) is 12.7 Å². The fourth-order valence-corrected chi connectivity index (χ4v) is 7.02. The number of carbonyl (C=O) groups is 1. The standard InChI is InChI=1S/C15H16N2O5S2/c1-2-14(18)16-15-17(10-6-24(19,20)7-13(10)23-15)9-3-4-11-12(5-9)22-8-21-11/h3-5,10,13H,2,6-8H2,1H3. The summed E-state index contributed by atoms with van der Waals surface area (Å²) < 4.78 is 34.7. The number of fused-ring (bicyclic) bond motifs is 2. The van der Waals surface area contributed by atoms with Crippen molar-refractivity contribution in [2.24, 2.45) is 4.99 Å². The van der Waals surface area contributed by atoms with Gasteiger partial charge in [0.25, 0.3) is 0 Å². The Morgan fingerprint density at radius 3 is 2.92 bits per heavy atom. The first-order valence-electron chi connectivity index (χ1n) is 7.64. The van der Waals surface area contributed by atoms with E-state index in [-0.39, 0.29) is 35.5 Å². The predicted molar refractivity (Wildman–Crippen MR) is 91.6 cm³/mol. The quantitative estimate of drug-likeness (QED) is 0.780. The second-order valence-corrected chi connectivity index (χ2v) is 9.21. The lowest BCUT2D eigenvalue weighted by Gasteiger charge is -2.24. The van der Waals surface area contributed by atoms with Gasteiger partial charge in [-0.25, -0.2) is 8.42 Å². The van der Waals surface area contributed by atoms with Crippen molar-refractivity contribution in [2.45, 2.75) is 24.6 Å². The van der Waals surface area contributed by atoms with Gasteiger partial charge in [-0.3, -0.25) is 4.79 Å². The molecule has 2 atom stereocenters. The minimum atomic E-state index is -3.07. The van der Waals surface area contributed by atoms with Gasteiger partial charge in [0.1, 0.15) is 0 Å². The van der Waals surface area contributed by atoms with E-state index in [0.29, 0.717) is 23.1 Å². The Morgan fingerprint density at radius 2 is 2.12 bits per heavy atom. The molecule has 2 fully saturated rings. The number of anilines is 1. The van der Waals surface area contributed by atoms with Crippen LogP contribution in [0.25, 0.3) is 0 Å². The van der Waals surface area contributed by atoms with E-state index >= 15 is 0 Å². The van der Waals surface area contributed by atoms with E-state index in [4.69, 9.17) is 9.47 Å². The largest absolute Gasteiger partial charge is 0.454 e. The molecule has 0 bridgehead atoms. The number of hydrogen-bond donors (Lipinski definition) is 0. The summed E-state index contributed by atoms with van der Waals surface area (Å²) in [5, 5.41) is 0.453. The first-order chi connectivity index (χ1) is 11.5. The zero-order valence-electron chi connectivity index (χ0n) is 13.0. The lowest BCUT2D eigenvalue weighted by Crippen LogP contribution is -2.37. The average Bonchev–Trinajstić information content (AvgIpc) is 3.18. The van der Waals surface area contributed by atoms with Gasteiger partial charge in [0.15, 0.2) is 26.5 Å². The number of thioether (sulfide) groups is 1. The van der Waals surface area contributed by atoms with Gasteiger partial charge in [-0.15, -0.1) is 0 Å². The zero-order valence-corrected chi connectivity index (χ0v) is 14.6. The number of amides is 1. The van der Waals surface area contributed by atoms with Gasteiger partial charge in [-0.1, -0.05) is 18.7 Å². The molecule has 1 aromatic rings. The van der Waals surface area contributed by atoms with Gasteiger partial charge < -0.3 is 14.4 Å². The molecule has 3 aliphatic rings. The fourth-order valence-electron chi connectivity index (χ4n) is 3.09. The molecule has 9 heteroatoms. The topological polar surface area (TPSA) is 85.3 Å². The van der Waals surface area contributed by atoms with Gasteiger partial charge >= 0.3 is 0 Å². The molecule has 1 amide bonds. The van der Waals surface area contributed by atoms with Crippen LogP contribution in [-0.4, -0.2) is 49.1 Å². The number of benzene rings is 1. The van der Waals surface area contributed by atoms with Crippen molar-refractivity contribution in [1.29, 1.82) is 0 Å². The van der Waals surface area contributed by atoms with E-state index in [0.717, 1.165) is 5.69 Å². The molecule has 0 spiro atoms. The van der Waals surface area contributed by atoms with Crippen molar-refractivity contribution >= 4 is 38.4 Å². The van der Waals surface area contributed by atoms with Crippen molar-refractivity contribution in [3.05, 3.63) is 18.2 Å². The smallest absolute Gasteiger partial charge is 0.247 e. The van der Waals surface area contributed by atoms with Crippen LogP contribution < -0.4 is 14.4 Å². The molecule has 0 aromatic heterocycles. The van der Waals surface area contributed by atoms with E-state index in [1.165, 1.54) is 11.8 Å². The Morgan fingerprint density at radius 1 is 1.33 bits per heavy atom. The van der Waals surface area contributed by atoms with Crippen LogP contribution in [0.3, 0.4) is 0 Å². The van der Waals surface area contributed by atoms with Crippen LogP contribution in [-0.2, 0) is 14.6 Å². The van der Waals surface area contributed by atoms with Gasteiger partial charge in [0, 0.05) is 23.4 Å². The van der Waals surface area contributed by atoms with E-state index in [2.05, 4.69) is 4.99 Å². The van der Waals surface area contributed by atoms with Crippen molar-refractivity contribution in [3.63, 3.8) is 0 Å². The first-order valence-corrected chi connectivity index (χ1v) is 10.3. The molecular weight excluding hydrogens is 352 g/mol. The zero-order chi connectivity index (χ0) is 16.9. The van der Waals surface area contributed by atoms with E-state index in [9.17, 15) is 13.2 Å². The molecule has 0 N–H and O–H groups in total. The fraction of sp³-hybridized carbons (Fsp3) is 0.467. The Kier molecular flexibility index (Phi) is 3.72. The van der Waals surface area contributed by atoms with Crippen LogP contribution in [0, 0.1) is 0 Å². The van der Waals surface area contributed by atoms with Crippen molar-refractivity contribution in [1.82, 2.24) is 0 Å². The van der Waals surface area contributed by atoms with Gasteiger partial charge in [-0.05, 0) is 12.1 Å². The molecule has 0 aliphatic carbocycles. The van der Waals surface area contributed by atoms with Gasteiger partial charge in [0.05, 0.1) is 17.5 Å². The average molecular weight is 368 g/mol. The van der Waals surface area contributed by atoms with E-state index < -0.39 is 9.84 Å². The highest BCUT2D eigenvalue weighted by molar-refractivity contribution is 8.16. The van der Waals surface area contributed by atoms with Crippen LogP contribution in [0.5, 0.6) is 11.5 Å². The van der Waals surface area contributed by atoms with Crippen LogP contribution >= 0.6 is 11.8 Å². The highest BCUT2D eigenvalue weighted by Gasteiger charge is 2.49. The summed E-state index contributed by atoms with van der Waals surface area (Å²) in [6.45, 7) is 1.92. The highest BCUT2D eigenvalue weighted by Crippen LogP contribution is 2.43. The normalized spacial score (nSPS) is 28.4. The number of nitrogens with zero attached hydrogens (tertiary/aromatic N) is 2. The molecular formula is C15H16N2O5S2. The summed E-state index contributed by atoms with van der Waals surface area (Å²) in [6, 6.07) is 5.22. The molecule has 0 saturated carbocycles. The minimum Gasteiger partial charge on any atom is -0.454 e. The number of sulfone groups is 1. The maximum absolute atomic E-state index is 12.0. The molecule has 2 unspecified atom stereocenters. The summed E-state index contributed by atoms with van der Waals surface area (Å²) in [5.74, 6) is 1.24. The molecule has 7 nitrogen and oxygen atoms in total. The van der Waals surface area contributed by atoms with Crippen LogP contribution in [0.15, 0.2) is 23.2 Å². The lowest BCUT2D eigenvalue weighted by molar-refractivity contribution is -0.117. The number of carbonyl (C=O) groups excluding carboxylic acids is 1. The molecule has 1 aromatic carbocycles. The maximum Gasteiger partial charge on any atom is 0.247 e. The van der Waals surface area contributed by atoms with Crippen LogP contribution in [0.4, 0.5) is 5.69 Å². The Bertz CT molecular complexity index is 836. The third-order valence-corrected chi connectivity index (χ3v) is 7.43. The molecule has 2 saturated heterocycles. The Labute approximate surface area is 143 Å². The molecule has 24 heavy (non-hydrogen) atoms. The van der Waals surface area contributed by atoms with Crippen molar-refractivity contribution in [3.8, 4) is 11.5 Å². The summed E-state index contributed by atoms with van der Waals surface area (Å²) in [7, 11) is -3.07. The molecule has 3 aliphatic heterocycles. The summed E-state index contributed by atoms with van der Waals surface area (Å²) >= 11 is 1.37. The predicted octanol–water partition coefficient (Wildman–Crippen LogP) is 1.43. The minimum absolute atomic E-state index is 0.0679. The van der Waals surface area contributed by atoms with E-state index in [1.807, 2.05) is 17.0 Å². The summed E-state index contributed by atoms with van der Waals surface area (Å²) in [4.78, 5) is 17.8. The third-order valence-electron chi connectivity index (χ3n) is 4.22. The Balaban J connectivity index is 1.75. The monoisotopic (exact) mass is 368 g/mol. The Hall–Kier alpha value is -1.74. The highest BCUT2D eigenvalue weighted by atomic mass is 32.2. The third kappa shape index (κ3) is 2.65. The van der Waals surface area contributed by atoms with Crippen molar-refractivity contribution < 1.29 is 22.7 Å². The second-order valence-electron chi connectivity index (χ2n) is 5.85. The first kappa shape index (κ1) is 15.8. The van der Waals surface area contributed by atoms with E-state index in [1.54, 1.807) is 13.0 Å². The molecule has 128 valence electrons. The summed E-state index contributed by atoms with van der Waals surface area (Å²) in [5.41, 5.74) is 0.763. The van der Waals surface area contributed by atoms with Crippen molar-refractivity contribution in [2.75, 3.05) is 23.2 Å². The number of ether oxygens (including phenoxy) is 2. The lowest BCUT2D eigenvalue weighted by atomic mass is 10.2. The maximum atomic E-state index is 12.0. The summed E-state index contributed by atoms with van der Waals surface area (Å²) in [6.07, 6.45) is 0.312.